The van der Waals surface area contributed by atoms with Gasteiger partial charge >= 0.3 is 0 Å². The van der Waals surface area contributed by atoms with Crippen LogP contribution in [0.15, 0.2) is 29.6 Å². The van der Waals surface area contributed by atoms with Crippen molar-refractivity contribution in [1.82, 2.24) is 0 Å². The molecule has 2 rings (SSSR count). The Morgan fingerprint density at radius 2 is 2.06 bits per heavy atom. The molecule has 1 aromatic carbocycles. The lowest BCUT2D eigenvalue weighted by atomic mass is 9.98. The van der Waals surface area contributed by atoms with Gasteiger partial charge in [-0.05, 0) is 30.0 Å². The number of nitrogen functional groups attached to an aromatic ring is 1. The Hall–Kier alpha value is -1.52. The van der Waals surface area contributed by atoms with E-state index in [1.807, 2.05) is 30.5 Å². The Bertz CT molecular complexity index is 494. The summed E-state index contributed by atoms with van der Waals surface area (Å²) in [4.78, 5) is 1.02. The molecule has 1 heterocycles. The van der Waals surface area contributed by atoms with E-state index in [0.29, 0.717) is 11.3 Å². The van der Waals surface area contributed by atoms with E-state index < -0.39 is 0 Å². The van der Waals surface area contributed by atoms with Gasteiger partial charge in [-0.25, -0.2) is 0 Å². The molecule has 0 saturated carbocycles. The Kier molecular flexibility index (Phi) is 2.85. The molecule has 16 heavy (non-hydrogen) atoms. The van der Waals surface area contributed by atoms with Gasteiger partial charge in [0.25, 0.3) is 0 Å². The minimum atomic E-state index is -0.316. The van der Waals surface area contributed by atoms with E-state index in [-0.39, 0.29) is 11.8 Å². The van der Waals surface area contributed by atoms with Crippen LogP contribution in [0.3, 0.4) is 0 Å². The largest absolute Gasteiger partial charge is 0.505 e. The molecule has 0 saturated heterocycles. The first-order valence-electron chi connectivity index (χ1n) is 4.98. The number of aryl methyl sites for hydroxylation is 1. The fraction of sp³-hybridized carbons (Fsp3) is 0.167. The molecule has 0 aliphatic rings. The zero-order valence-corrected chi connectivity index (χ0v) is 9.79. The van der Waals surface area contributed by atoms with Gasteiger partial charge in [-0.2, -0.15) is 0 Å². The highest BCUT2D eigenvalue weighted by Crippen LogP contribution is 2.35. The lowest BCUT2D eigenvalue weighted by molar-refractivity contribution is 0.467. The SMILES string of the molecule is Cc1ccc(N)c(O)c1[C@@H](N)c1cccs1. The summed E-state index contributed by atoms with van der Waals surface area (Å²) in [6.07, 6.45) is 0. The van der Waals surface area contributed by atoms with E-state index in [9.17, 15) is 5.11 Å². The van der Waals surface area contributed by atoms with Gasteiger partial charge in [-0.3, -0.25) is 0 Å². The Balaban J connectivity index is 2.52. The minimum Gasteiger partial charge on any atom is -0.505 e. The minimum absolute atomic E-state index is 0.0981. The Labute approximate surface area is 98.3 Å². The van der Waals surface area contributed by atoms with Crippen LogP contribution in [-0.4, -0.2) is 5.11 Å². The van der Waals surface area contributed by atoms with E-state index in [2.05, 4.69) is 0 Å². The van der Waals surface area contributed by atoms with Crippen LogP contribution >= 0.6 is 11.3 Å². The molecule has 0 bridgehead atoms. The second-order valence-electron chi connectivity index (χ2n) is 3.73. The normalized spacial score (nSPS) is 12.6. The van der Waals surface area contributed by atoms with Crippen molar-refractivity contribution in [3.63, 3.8) is 0 Å². The lowest BCUT2D eigenvalue weighted by Gasteiger charge is -2.16. The van der Waals surface area contributed by atoms with Gasteiger partial charge in [0.15, 0.2) is 0 Å². The van der Waals surface area contributed by atoms with Crippen LogP contribution in [0, 0.1) is 6.92 Å². The predicted octanol–water partition coefficient (Wildman–Crippen LogP) is 2.39. The van der Waals surface area contributed by atoms with Crippen molar-refractivity contribution in [2.24, 2.45) is 5.73 Å². The molecule has 1 atom stereocenters. The number of hydrogen-bond acceptors (Lipinski definition) is 4. The summed E-state index contributed by atoms with van der Waals surface area (Å²) in [6.45, 7) is 1.92. The van der Waals surface area contributed by atoms with E-state index in [1.165, 1.54) is 0 Å². The van der Waals surface area contributed by atoms with Crippen LogP contribution in [0.1, 0.15) is 22.0 Å². The predicted molar refractivity (Wildman–Crippen MR) is 67.6 cm³/mol. The van der Waals surface area contributed by atoms with Gasteiger partial charge in [0.2, 0.25) is 0 Å². The molecule has 0 spiro atoms. The third-order valence-corrected chi connectivity index (χ3v) is 3.58. The molecule has 84 valence electrons. The fourth-order valence-corrected chi connectivity index (χ4v) is 2.46. The third-order valence-electron chi connectivity index (χ3n) is 2.63. The molecule has 0 unspecified atom stereocenters. The van der Waals surface area contributed by atoms with Crippen molar-refractivity contribution in [2.45, 2.75) is 13.0 Å². The zero-order chi connectivity index (χ0) is 11.7. The third kappa shape index (κ3) is 1.77. The summed E-state index contributed by atoms with van der Waals surface area (Å²) in [5.41, 5.74) is 13.8. The van der Waals surface area contributed by atoms with Crippen LogP contribution in [0.5, 0.6) is 5.75 Å². The van der Waals surface area contributed by atoms with E-state index in [4.69, 9.17) is 11.5 Å². The maximum Gasteiger partial charge on any atom is 0.143 e. The second kappa shape index (κ2) is 4.15. The van der Waals surface area contributed by atoms with Crippen molar-refractivity contribution >= 4 is 17.0 Å². The molecule has 2 aromatic rings. The average Bonchev–Trinajstić information content (AvgIpc) is 2.77. The van der Waals surface area contributed by atoms with Crippen molar-refractivity contribution in [2.75, 3.05) is 5.73 Å². The van der Waals surface area contributed by atoms with Crippen LogP contribution in [0.4, 0.5) is 5.69 Å². The van der Waals surface area contributed by atoms with Crippen molar-refractivity contribution in [3.05, 3.63) is 45.6 Å². The number of anilines is 1. The molecule has 0 aliphatic carbocycles. The van der Waals surface area contributed by atoms with Crippen LogP contribution in [0.2, 0.25) is 0 Å². The molecule has 0 fully saturated rings. The van der Waals surface area contributed by atoms with Gasteiger partial charge in [-0.15, -0.1) is 11.3 Å². The standard InChI is InChI=1S/C12H14N2OS/c1-7-4-5-8(13)12(15)10(7)11(14)9-3-2-6-16-9/h2-6,11,15H,13-14H2,1H3/t11-/m0/s1. The fourth-order valence-electron chi connectivity index (χ4n) is 1.73. The van der Waals surface area contributed by atoms with Gasteiger partial charge in [0.05, 0.1) is 11.7 Å². The molecular formula is C12H14N2OS. The highest BCUT2D eigenvalue weighted by molar-refractivity contribution is 7.10. The van der Waals surface area contributed by atoms with Crippen molar-refractivity contribution in [3.8, 4) is 5.75 Å². The van der Waals surface area contributed by atoms with E-state index >= 15 is 0 Å². The van der Waals surface area contributed by atoms with Crippen molar-refractivity contribution < 1.29 is 5.11 Å². The molecule has 0 amide bonds. The summed E-state index contributed by atoms with van der Waals surface area (Å²) in [5.74, 6) is 0.0981. The quantitative estimate of drug-likeness (QED) is 0.552. The number of phenolic OH excluding ortho intramolecular Hbond substituents is 1. The monoisotopic (exact) mass is 234 g/mol. The summed E-state index contributed by atoms with van der Waals surface area (Å²) in [6, 6.07) is 7.15. The first-order valence-corrected chi connectivity index (χ1v) is 5.86. The molecule has 3 nitrogen and oxygen atoms in total. The molecule has 0 radical (unpaired) electrons. The molecule has 5 N–H and O–H groups in total. The maximum absolute atomic E-state index is 9.95. The van der Waals surface area contributed by atoms with Gasteiger partial charge in [-0.1, -0.05) is 12.1 Å². The average molecular weight is 234 g/mol. The molecular weight excluding hydrogens is 220 g/mol. The smallest absolute Gasteiger partial charge is 0.143 e. The van der Waals surface area contributed by atoms with E-state index in [1.54, 1.807) is 17.4 Å². The number of aromatic hydroxyl groups is 1. The van der Waals surface area contributed by atoms with E-state index in [0.717, 1.165) is 10.4 Å². The summed E-state index contributed by atoms with van der Waals surface area (Å²) < 4.78 is 0. The second-order valence-corrected chi connectivity index (χ2v) is 4.71. The number of hydrogen-bond donors (Lipinski definition) is 3. The first-order chi connectivity index (χ1) is 7.61. The van der Waals surface area contributed by atoms with Gasteiger partial charge in [0, 0.05) is 10.4 Å². The number of rotatable bonds is 2. The van der Waals surface area contributed by atoms with Gasteiger partial charge in [0.1, 0.15) is 5.75 Å². The first kappa shape index (κ1) is 11.0. The number of thiophene rings is 1. The van der Waals surface area contributed by atoms with Crippen molar-refractivity contribution in [1.29, 1.82) is 0 Å². The molecule has 1 aromatic heterocycles. The van der Waals surface area contributed by atoms with Crippen LogP contribution in [0.25, 0.3) is 0 Å². The molecule has 0 aliphatic heterocycles. The lowest BCUT2D eigenvalue weighted by Crippen LogP contribution is -2.12. The topological polar surface area (TPSA) is 72.3 Å². The number of phenols is 1. The van der Waals surface area contributed by atoms with Crippen LogP contribution in [-0.2, 0) is 0 Å². The number of benzene rings is 1. The highest BCUT2D eigenvalue weighted by Gasteiger charge is 2.18. The highest BCUT2D eigenvalue weighted by atomic mass is 32.1. The summed E-state index contributed by atoms with van der Waals surface area (Å²) >= 11 is 1.57. The summed E-state index contributed by atoms with van der Waals surface area (Å²) in [7, 11) is 0. The zero-order valence-electron chi connectivity index (χ0n) is 8.97. The van der Waals surface area contributed by atoms with Gasteiger partial charge < -0.3 is 16.6 Å². The Morgan fingerprint density at radius 3 is 2.69 bits per heavy atom. The molecule has 4 heteroatoms. The number of nitrogens with two attached hydrogens (primary N) is 2. The summed E-state index contributed by atoms with van der Waals surface area (Å²) in [5, 5.41) is 11.9. The van der Waals surface area contributed by atoms with Crippen LogP contribution < -0.4 is 11.5 Å². The Morgan fingerprint density at radius 1 is 1.31 bits per heavy atom. The maximum atomic E-state index is 9.95.